The fraction of sp³-hybridized carbons (Fsp3) is 0.429. The predicted molar refractivity (Wildman–Crippen MR) is 137 cm³/mol. The second kappa shape index (κ2) is 11.2. The molecule has 1 fully saturated rings. The lowest BCUT2D eigenvalue weighted by Gasteiger charge is -2.26. The van der Waals surface area contributed by atoms with Crippen LogP contribution < -0.4 is 5.56 Å². The quantitative estimate of drug-likeness (QED) is 0.481. The predicted octanol–water partition coefficient (Wildman–Crippen LogP) is 3.51. The summed E-state index contributed by atoms with van der Waals surface area (Å²) in [5.41, 5.74) is 2.68. The molecule has 0 aliphatic carbocycles. The van der Waals surface area contributed by atoms with Crippen LogP contribution in [0.1, 0.15) is 30.7 Å². The minimum atomic E-state index is -0.310. The lowest BCUT2D eigenvalue weighted by molar-refractivity contribution is -0.132. The monoisotopic (exact) mass is 494 g/mol. The van der Waals surface area contributed by atoms with Gasteiger partial charge in [0.05, 0.1) is 30.5 Å². The van der Waals surface area contributed by atoms with Crippen molar-refractivity contribution in [2.24, 2.45) is 13.0 Å². The highest BCUT2D eigenvalue weighted by atomic mass is 19.1. The van der Waals surface area contributed by atoms with Crippen molar-refractivity contribution < 1.29 is 13.9 Å². The first-order valence-corrected chi connectivity index (χ1v) is 12.4. The summed E-state index contributed by atoms with van der Waals surface area (Å²) < 4.78 is 23.8. The van der Waals surface area contributed by atoms with Crippen LogP contribution in [0.15, 0.2) is 59.4 Å². The number of ether oxygens (including phenoxy) is 1. The van der Waals surface area contributed by atoms with Gasteiger partial charge in [0.1, 0.15) is 5.82 Å². The molecule has 1 aliphatic rings. The number of para-hydroxylation sites is 1. The molecule has 1 aromatic heterocycles. The van der Waals surface area contributed by atoms with Crippen LogP contribution in [0, 0.1) is 18.7 Å². The number of aromatic nitrogens is 2. The fourth-order valence-electron chi connectivity index (χ4n) is 4.74. The standard InChI is InChI=1S/C28H35FN4O3/c1-20(2)14-32-16-24(36-19-22-10-8-9-13-26(22)29)15-31(18-27(32)34)17-25-21(3)30(4)33(28(25)35)23-11-6-5-7-12-23/h5-13,20,24H,14-19H2,1-4H3/t24-/m1/s1. The summed E-state index contributed by atoms with van der Waals surface area (Å²) in [5.74, 6) is 0.0132. The molecule has 0 radical (unpaired) electrons. The SMILES string of the molecule is Cc1c(CN2CC(=O)N(CC(C)C)C[C@H](OCc3ccccc3F)C2)c(=O)n(-c2ccccc2)n1C. The van der Waals surface area contributed by atoms with Crippen molar-refractivity contribution in [2.75, 3.05) is 26.2 Å². The number of rotatable bonds is 8. The van der Waals surface area contributed by atoms with Crippen molar-refractivity contribution in [1.29, 1.82) is 0 Å². The van der Waals surface area contributed by atoms with Gasteiger partial charge in [0, 0.05) is 44.5 Å². The van der Waals surface area contributed by atoms with Crippen molar-refractivity contribution in [3.05, 3.63) is 87.6 Å². The summed E-state index contributed by atoms with van der Waals surface area (Å²) in [5, 5.41) is 0. The van der Waals surface area contributed by atoms with Crippen LogP contribution >= 0.6 is 0 Å². The molecule has 1 amide bonds. The van der Waals surface area contributed by atoms with E-state index in [0.717, 1.165) is 11.4 Å². The normalized spacial score (nSPS) is 17.1. The fourth-order valence-corrected chi connectivity index (χ4v) is 4.74. The Kier molecular flexibility index (Phi) is 8.06. The van der Waals surface area contributed by atoms with E-state index in [9.17, 15) is 14.0 Å². The van der Waals surface area contributed by atoms with Crippen LogP contribution in [-0.2, 0) is 29.7 Å². The molecule has 0 spiro atoms. The zero-order valence-electron chi connectivity index (χ0n) is 21.5. The zero-order chi connectivity index (χ0) is 25.8. The zero-order valence-corrected chi connectivity index (χ0v) is 21.5. The summed E-state index contributed by atoms with van der Waals surface area (Å²) in [4.78, 5) is 30.4. The minimum absolute atomic E-state index is 0.0117. The van der Waals surface area contributed by atoms with Gasteiger partial charge in [0.2, 0.25) is 5.91 Å². The van der Waals surface area contributed by atoms with Gasteiger partial charge in [-0.05, 0) is 31.0 Å². The molecule has 2 aromatic carbocycles. The third-order valence-corrected chi connectivity index (χ3v) is 6.67. The molecule has 1 saturated heterocycles. The van der Waals surface area contributed by atoms with Crippen molar-refractivity contribution in [2.45, 2.75) is 40.0 Å². The summed E-state index contributed by atoms with van der Waals surface area (Å²) in [6, 6.07) is 16.1. The maximum absolute atomic E-state index is 14.2. The third-order valence-electron chi connectivity index (χ3n) is 6.67. The van der Waals surface area contributed by atoms with Crippen LogP contribution in [0.4, 0.5) is 4.39 Å². The average Bonchev–Trinajstić information content (AvgIpc) is 2.96. The van der Waals surface area contributed by atoms with E-state index in [1.54, 1.807) is 22.9 Å². The molecule has 3 aromatic rings. The van der Waals surface area contributed by atoms with Gasteiger partial charge < -0.3 is 9.64 Å². The van der Waals surface area contributed by atoms with E-state index in [0.29, 0.717) is 43.2 Å². The summed E-state index contributed by atoms with van der Waals surface area (Å²) in [6.45, 7) is 8.25. The maximum atomic E-state index is 14.2. The molecular formula is C28H35FN4O3. The van der Waals surface area contributed by atoms with Gasteiger partial charge in [-0.2, -0.15) is 0 Å². The number of hydrogen-bond acceptors (Lipinski definition) is 4. The molecule has 1 aliphatic heterocycles. The van der Waals surface area contributed by atoms with Crippen molar-refractivity contribution in [3.63, 3.8) is 0 Å². The molecule has 2 heterocycles. The van der Waals surface area contributed by atoms with Gasteiger partial charge in [-0.15, -0.1) is 0 Å². The van der Waals surface area contributed by atoms with Gasteiger partial charge in [-0.25, -0.2) is 9.07 Å². The molecular weight excluding hydrogens is 459 g/mol. The first-order valence-electron chi connectivity index (χ1n) is 12.4. The molecule has 7 nitrogen and oxygen atoms in total. The number of amides is 1. The Morgan fingerprint density at radius 2 is 1.72 bits per heavy atom. The van der Waals surface area contributed by atoms with Gasteiger partial charge in [0.25, 0.3) is 5.56 Å². The first kappa shape index (κ1) is 25.9. The highest BCUT2D eigenvalue weighted by molar-refractivity contribution is 5.78. The molecule has 8 heteroatoms. The summed E-state index contributed by atoms with van der Waals surface area (Å²) in [7, 11) is 1.87. The molecule has 1 atom stereocenters. The van der Waals surface area contributed by atoms with Gasteiger partial charge in [0.15, 0.2) is 0 Å². The lowest BCUT2D eigenvalue weighted by atomic mass is 10.2. The van der Waals surface area contributed by atoms with Crippen LogP contribution in [0.2, 0.25) is 0 Å². The van der Waals surface area contributed by atoms with Crippen LogP contribution in [0.3, 0.4) is 0 Å². The van der Waals surface area contributed by atoms with Crippen molar-refractivity contribution in [3.8, 4) is 5.69 Å². The smallest absolute Gasteiger partial charge is 0.276 e. The number of carbonyl (C=O) groups is 1. The van der Waals surface area contributed by atoms with E-state index >= 15 is 0 Å². The van der Waals surface area contributed by atoms with E-state index in [1.807, 2.05) is 58.8 Å². The van der Waals surface area contributed by atoms with E-state index in [4.69, 9.17) is 4.74 Å². The number of halogens is 1. The molecule has 0 N–H and O–H groups in total. The Balaban J connectivity index is 1.58. The van der Waals surface area contributed by atoms with E-state index < -0.39 is 0 Å². The lowest BCUT2D eigenvalue weighted by Crippen LogP contribution is -2.40. The minimum Gasteiger partial charge on any atom is -0.370 e. The molecule has 4 rings (SSSR count). The van der Waals surface area contributed by atoms with Crippen molar-refractivity contribution >= 4 is 5.91 Å². The number of hydrogen-bond donors (Lipinski definition) is 0. The van der Waals surface area contributed by atoms with Gasteiger partial charge >= 0.3 is 0 Å². The molecule has 0 saturated carbocycles. The van der Waals surface area contributed by atoms with Crippen molar-refractivity contribution in [1.82, 2.24) is 19.2 Å². The highest BCUT2D eigenvalue weighted by Crippen LogP contribution is 2.18. The Morgan fingerprint density at radius 1 is 1.03 bits per heavy atom. The van der Waals surface area contributed by atoms with Crippen LogP contribution in [-0.4, -0.2) is 57.4 Å². The molecule has 36 heavy (non-hydrogen) atoms. The molecule has 0 unspecified atom stereocenters. The second-order valence-corrected chi connectivity index (χ2v) is 9.93. The topological polar surface area (TPSA) is 59.7 Å². The number of nitrogens with zero attached hydrogens (tertiary/aromatic N) is 4. The van der Waals surface area contributed by atoms with Gasteiger partial charge in [-0.1, -0.05) is 50.2 Å². The van der Waals surface area contributed by atoms with E-state index in [2.05, 4.69) is 13.8 Å². The highest BCUT2D eigenvalue weighted by Gasteiger charge is 2.30. The Hall–Kier alpha value is -3.23. The molecule has 192 valence electrons. The Labute approximate surface area is 211 Å². The van der Waals surface area contributed by atoms with E-state index in [-0.39, 0.29) is 36.5 Å². The second-order valence-electron chi connectivity index (χ2n) is 9.93. The third kappa shape index (κ3) is 5.77. The van der Waals surface area contributed by atoms with Crippen LogP contribution in [0.25, 0.3) is 5.69 Å². The average molecular weight is 495 g/mol. The maximum Gasteiger partial charge on any atom is 0.276 e. The Bertz CT molecular complexity index is 1250. The molecule has 0 bridgehead atoms. The first-order chi connectivity index (χ1) is 17.2. The number of carbonyl (C=O) groups excluding carboxylic acids is 1. The van der Waals surface area contributed by atoms with Gasteiger partial charge in [-0.3, -0.25) is 19.2 Å². The van der Waals surface area contributed by atoms with Crippen LogP contribution in [0.5, 0.6) is 0 Å². The number of benzene rings is 2. The largest absolute Gasteiger partial charge is 0.370 e. The van der Waals surface area contributed by atoms with E-state index in [1.165, 1.54) is 6.07 Å². The Morgan fingerprint density at radius 3 is 2.42 bits per heavy atom. The summed E-state index contributed by atoms with van der Waals surface area (Å²) in [6.07, 6.45) is -0.310. The summed E-state index contributed by atoms with van der Waals surface area (Å²) >= 11 is 0.